The number of rotatable bonds is 14. The van der Waals surface area contributed by atoms with E-state index in [2.05, 4.69) is 19.9 Å². The Morgan fingerprint density at radius 2 is 1.04 bits per heavy atom. The maximum Gasteiger partial charge on any atom is 0.191 e. The number of nitrogens with one attached hydrogen (secondary N) is 2. The first-order chi connectivity index (χ1) is 27.9. The minimum Gasteiger partial charge on any atom is -0.872 e. The van der Waals surface area contributed by atoms with Crippen molar-refractivity contribution < 1.29 is 29.2 Å². The summed E-state index contributed by atoms with van der Waals surface area (Å²) in [6.45, 7) is 2.38. The molecule has 11 nitrogen and oxygen atoms in total. The zero-order valence-corrected chi connectivity index (χ0v) is 30.9. The van der Waals surface area contributed by atoms with E-state index in [4.69, 9.17) is 4.42 Å². The van der Waals surface area contributed by atoms with Gasteiger partial charge >= 0.3 is 0 Å². The molecule has 0 bridgehead atoms. The molecule has 2 aromatic carbocycles. The minimum atomic E-state index is -1.35. The van der Waals surface area contributed by atoms with E-state index < -0.39 is 5.97 Å². The molecule has 0 radical (unpaired) electrons. The van der Waals surface area contributed by atoms with Crippen molar-refractivity contribution in [1.82, 2.24) is 19.9 Å². The third-order valence-corrected chi connectivity index (χ3v) is 10.1. The van der Waals surface area contributed by atoms with Crippen molar-refractivity contribution in [2.75, 3.05) is 0 Å². The highest BCUT2D eigenvalue weighted by Gasteiger charge is 2.28. The van der Waals surface area contributed by atoms with E-state index in [0.29, 0.717) is 59.4 Å². The van der Waals surface area contributed by atoms with E-state index in [-0.39, 0.29) is 41.2 Å². The van der Waals surface area contributed by atoms with Gasteiger partial charge in [-0.25, -0.2) is 0 Å². The van der Waals surface area contributed by atoms with Crippen LogP contribution in [0.3, 0.4) is 0 Å². The van der Waals surface area contributed by atoms with Crippen LogP contribution in [-0.4, -0.2) is 25.9 Å². The highest BCUT2D eigenvalue weighted by Crippen LogP contribution is 2.44. The van der Waals surface area contributed by atoms with Gasteiger partial charge in [-0.1, -0.05) is 66.4 Å². The number of carbonyl (C=O) groups excluding carboxylic acids is 1. The van der Waals surface area contributed by atoms with Crippen LogP contribution >= 0.6 is 0 Å². The predicted octanol–water partition coefficient (Wildman–Crippen LogP) is 3.15. The lowest BCUT2D eigenvalue weighted by molar-refractivity contribution is -0.941. The smallest absolute Gasteiger partial charge is 0.191 e. The van der Waals surface area contributed by atoms with Crippen molar-refractivity contribution >= 4 is 16.9 Å². The van der Waals surface area contributed by atoms with E-state index in [1.165, 1.54) is 18.2 Å². The first-order valence-electron chi connectivity index (χ1n) is 18.7. The van der Waals surface area contributed by atoms with E-state index in [9.17, 15) is 19.8 Å². The minimum absolute atomic E-state index is 0.0260. The van der Waals surface area contributed by atoms with Crippen molar-refractivity contribution in [3.63, 3.8) is 0 Å². The van der Waals surface area contributed by atoms with Gasteiger partial charge in [0.25, 0.3) is 0 Å². The number of hydrogen-bond acceptors (Lipinski definition) is 9. The summed E-state index contributed by atoms with van der Waals surface area (Å²) in [4.78, 5) is 46.9. The molecule has 6 aromatic rings. The average molecular weight is 755 g/mol. The SMILES string of the molecule is O=C([O-])c1ccccc1-c1c2ccc(=O)c(C[NH+](Cc3ccccn3)Cc3ccccn3)c-2oc2c(C[NH+](Cc3ccccn3)Cc3ccccn3)c([O-])ccc12. The molecule has 0 amide bonds. The first-order valence-corrected chi connectivity index (χ1v) is 18.7. The Bertz CT molecular complexity index is 2580. The molecule has 282 valence electrons. The lowest BCUT2D eigenvalue weighted by atomic mass is 9.88. The average Bonchev–Trinajstić information content (AvgIpc) is 3.23. The molecule has 2 aliphatic rings. The van der Waals surface area contributed by atoms with E-state index in [0.717, 1.165) is 32.6 Å². The van der Waals surface area contributed by atoms with Crippen LogP contribution in [0.5, 0.6) is 5.75 Å². The Morgan fingerprint density at radius 1 is 0.544 bits per heavy atom. The second-order valence-corrected chi connectivity index (χ2v) is 14.0. The fourth-order valence-corrected chi connectivity index (χ4v) is 7.51. The molecule has 0 saturated heterocycles. The molecule has 57 heavy (non-hydrogen) atoms. The van der Waals surface area contributed by atoms with Crippen molar-refractivity contribution in [2.24, 2.45) is 0 Å². The van der Waals surface area contributed by atoms with E-state index in [1.54, 1.807) is 55.1 Å². The van der Waals surface area contributed by atoms with Gasteiger partial charge in [0.2, 0.25) is 0 Å². The van der Waals surface area contributed by atoms with E-state index >= 15 is 0 Å². The summed E-state index contributed by atoms with van der Waals surface area (Å²) in [5, 5.41) is 27.2. The molecule has 0 spiro atoms. The zero-order chi connectivity index (χ0) is 39.1. The third kappa shape index (κ3) is 8.30. The summed E-state index contributed by atoms with van der Waals surface area (Å²) < 4.78 is 6.88. The quantitative estimate of drug-likeness (QED) is 0.160. The molecule has 2 N–H and O–H groups in total. The second-order valence-electron chi connectivity index (χ2n) is 14.0. The van der Waals surface area contributed by atoms with Crippen LogP contribution in [0, 0.1) is 0 Å². The molecule has 0 atom stereocenters. The third-order valence-electron chi connectivity index (χ3n) is 10.1. The molecule has 0 unspecified atom stereocenters. The molecule has 8 rings (SSSR count). The lowest BCUT2D eigenvalue weighted by Crippen LogP contribution is -3.08. The number of nitrogens with zero attached hydrogens (tertiary/aromatic N) is 4. The van der Waals surface area contributed by atoms with Gasteiger partial charge < -0.3 is 29.2 Å². The van der Waals surface area contributed by atoms with Gasteiger partial charge in [-0.15, -0.1) is 0 Å². The number of benzene rings is 3. The summed E-state index contributed by atoms with van der Waals surface area (Å²) in [7, 11) is 0. The number of carboxylic acid groups (broad SMARTS) is 1. The Kier molecular flexibility index (Phi) is 10.8. The van der Waals surface area contributed by atoms with Crippen LogP contribution < -0.4 is 25.4 Å². The van der Waals surface area contributed by atoms with Gasteiger partial charge in [-0.05, 0) is 66.2 Å². The van der Waals surface area contributed by atoms with Gasteiger partial charge in [0, 0.05) is 52.4 Å². The summed E-state index contributed by atoms with van der Waals surface area (Å²) in [5.74, 6) is -1.32. The number of carbonyl (C=O) groups is 1. The lowest BCUT2D eigenvalue weighted by Gasteiger charge is -2.26. The number of quaternary nitrogens is 2. The number of pyridine rings is 4. The summed E-state index contributed by atoms with van der Waals surface area (Å²) >= 11 is 0. The number of fused-ring (bicyclic) bond motifs is 2. The number of aromatic nitrogens is 4. The van der Waals surface area contributed by atoms with Crippen molar-refractivity contribution in [3.8, 4) is 28.2 Å². The van der Waals surface area contributed by atoms with Crippen LogP contribution in [0.15, 0.2) is 155 Å². The Morgan fingerprint density at radius 3 is 1.53 bits per heavy atom. The fourth-order valence-electron chi connectivity index (χ4n) is 7.51. The molecular formula is C46H38N6O5. The van der Waals surface area contributed by atoms with E-state index in [1.807, 2.05) is 72.8 Å². The largest absolute Gasteiger partial charge is 0.872 e. The summed E-state index contributed by atoms with van der Waals surface area (Å²) in [6.07, 6.45) is 6.95. The molecule has 5 heterocycles. The van der Waals surface area contributed by atoms with Crippen LogP contribution in [0.4, 0.5) is 0 Å². The van der Waals surface area contributed by atoms with Gasteiger partial charge in [0.1, 0.15) is 50.6 Å². The first kappa shape index (κ1) is 36.9. The monoisotopic (exact) mass is 754 g/mol. The Hall–Kier alpha value is -7.08. The normalized spacial score (nSPS) is 11.5. The number of carboxylic acids is 1. The Balaban J connectivity index is 1.33. The fraction of sp³-hybridized carbons (Fsp3) is 0.130. The van der Waals surface area contributed by atoms with Crippen LogP contribution in [-0.2, 0) is 39.3 Å². The highest BCUT2D eigenvalue weighted by atomic mass is 16.4. The summed E-state index contributed by atoms with van der Waals surface area (Å²) in [5.41, 5.74) is 5.58. The molecule has 0 saturated carbocycles. The van der Waals surface area contributed by atoms with Crippen LogP contribution in [0.1, 0.15) is 44.3 Å². The maximum atomic E-state index is 14.1. The molecule has 1 aliphatic heterocycles. The summed E-state index contributed by atoms with van der Waals surface area (Å²) in [6, 6.07) is 35.9. The standard InChI is InChI=1S/C46H38N6O5/c53-41-19-17-37-43(35-15-1-2-16-36(35)46(55)56)38-18-20-42(54)40(30-52(27-33-13-5-9-23-49-33)28-34-14-6-10-24-50-34)45(38)57-44(37)39(41)29-51(25-31-11-3-7-21-47-31)26-32-12-4-8-22-48-32/h1-24,53H,25-30H2,(H,55,56). The van der Waals surface area contributed by atoms with Crippen molar-refractivity contribution in [2.45, 2.75) is 39.3 Å². The van der Waals surface area contributed by atoms with Gasteiger partial charge in [0.15, 0.2) is 5.43 Å². The van der Waals surface area contributed by atoms with Gasteiger partial charge in [0.05, 0.1) is 34.3 Å². The Labute approximate surface area is 328 Å². The molecule has 1 aliphatic carbocycles. The van der Waals surface area contributed by atoms with Gasteiger partial charge in [-0.2, -0.15) is 0 Å². The second kappa shape index (κ2) is 16.7. The zero-order valence-electron chi connectivity index (χ0n) is 30.9. The van der Waals surface area contributed by atoms with Gasteiger partial charge in [-0.3, -0.25) is 24.7 Å². The highest BCUT2D eigenvalue weighted by molar-refractivity contribution is 6.08. The predicted molar refractivity (Wildman–Crippen MR) is 209 cm³/mol. The topological polar surface area (TPSA) is 154 Å². The van der Waals surface area contributed by atoms with Crippen molar-refractivity contribution in [1.29, 1.82) is 0 Å². The molecule has 0 fully saturated rings. The number of aromatic carboxylic acids is 1. The van der Waals surface area contributed by atoms with Crippen molar-refractivity contribution in [3.05, 3.63) is 196 Å². The van der Waals surface area contributed by atoms with Crippen LogP contribution in [0.25, 0.3) is 33.4 Å². The maximum absolute atomic E-state index is 14.1. The molecule has 4 aromatic heterocycles. The molecular weight excluding hydrogens is 717 g/mol. The van der Waals surface area contributed by atoms with Crippen LogP contribution in [0.2, 0.25) is 0 Å². The molecule has 11 heteroatoms. The number of hydrogen-bond donors (Lipinski definition) is 2.